The van der Waals surface area contributed by atoms with Gasteiger partial charge < -0.3 is 28.4 Å². The minimum absolute atomic E-state index is 0.199. The summed E-state index contributed by atoms with van der Waals surface area (Å²) in [5.41, 5.74) is 0.985. The molecule has 0 aliphatic heterocycles. The van der Waals surface area contributed by atoms with Crippen molar-refractivity contribution in [3.63, 3.8) is 0 Å². The van der Waals surface area contributed by atoms with Gasteiger partial charge in [0.15, 0.2) is 12.2 Å². The summed E-state index contributed by atoms with van der Waals surface area (Å²) < 4.78 is 35.5. The first kappa shape index (κ1) is 34.7. The molecule has 0 aromatic heterocycles. The number of hydrogen-bond donors (Lipinski definition) is 0. The van der Waals surface area contributed by atoms with Gasteiger partial charge in [0, 0.05) is 13.2 Å². The summed E-state index contributed by atoms with van der Waals surface area (Å²) in [4.78, 5) is 25.5. The van der Waals surface area contributed by atoms with Crippen LogP contribution in [0.15, 0.2) is 121 Å². The molecule has 8 heteroatoms. The van der Waals surface area contributed by atoms with E-state index in [1.807, 2.05) is 97.1 Å². The Hall–Kier alpha value is -4.66. The molecule has 4 aromatic rings. The van der Waals surface area contributed by atoms with Crippen molar-refractivity contribution in [3.05, 3.63) is 132 Å². The van der Waals surface area contributed by atoms with Crippen LogP contribution >= 0.6 is 0 Å². The molecule has 1 fully saturated rings. The van der Waals surface area contributed by atoms with E-state index in [9.17, 15) is 9.59 Å². The highest BCUT2D eigenvalue weighted by Crippen LogP contribution is 2.29. The Kier molecular flexibility index (Phi) is 13.9. The first-order valence-electron chi connectivity index (χ1n) is 16.7. The number of para-hydroxylation sites is 2. The number of hydrogen-bond acceptors (Lipinski definition) is 8. The molecule has 2 atom stereocenters. The maximum atomic E-state index is 12.7. The fraction of sp³-hybridized carbons (Fsp3) is 0.350. The molecule has 48 heavy (non-hydrogen) atoms. The fourth-order valence-electron chi connectivity index (χ4n) is 5.53. The molecule has 0 spiro atoms. The van der Waals surface area contributed by atoms with Gasteiger partial charge in [-0.15, -0.1) is 0 Å². The van der Waals surface area contributed by atoms with Crippen LogP contribution in [0.25, 0.3) is 0 Å². The SMILES string of the molecule is O=C(OC(COCC1CCC(COCC(COc2ccccc2)OC(=O)c2ccccc2)CC1)COc1ccccc1)c1ccccc1. The Morgan fingerprint density at radius 1 is 0.479 bits per heavy atom. The number of rotatable bonds is 18. The molecule has 5 rings (SSSR count). The number of ether oxygens (including phenoxy) is 6. The minimum atomic E-state index is -0.544. The van der Waals surface area contributed by atoms with Gasteiger partial charge in [0.2, 0.25) is 0 Å². The smallest absolute Gasteiger partial charge is 0.338 e. The molecule has 0 amide bonds. The molecule has 0 heterocycles. The molecule has 0 N–H and O–H groups in total. The zero-order chi connectivity index (χ0) is 33.2. The van der Waals surface area contributed by atoms with Crippen molar-refractivity contribution in [1.29, 1.82) is 0 Å². The lowest BCUT2D eigenvalue weighted by molar-refractivity contribution is -0.0366. The highest BCUT2D eigenvalue weighted by molar-refractivity contribution is 5.89. The van der Waals surface area contributed by atoms with Crippen LogP contribution in [0, 0.1) is 11.8 Å². The third-order valence-electron chi connectivity index (χ3n) is 8.21. The van der Waals surface area contributed by atoms with Crippen LogP contribution in [0.3, 0.4) is 0 Å². The second kappa shape index (κ2) is 19.2. The number of carbonyl (C=O) groups is 2. The topological polar surface area (TPSA) is 89.5 Å². The van der Waals surface area contributed by atoms with Crippen molar-refractivity contribution >= 4 is 11.9 Å². The summed E-state index contributed by atoms with van der Waals surface area (Å²) in [7, 11) is 0. The fourth-order valence-corrected chi connectivity index (χ4v) is 5.53. The Bertz CT molecular complexity index is 1360. The zero-order valence-electron chi connectivity index (χ0n) is 27.2. The number of carbonyl (C=O) groups excluding carboxylic acids is 2. The maximum absolute atomic E-state index is 12.7. The van der Waals surface area contributed by atoms with E-state index in [1.165, 1.54) is 0 Å². The van der Waals surface area contributed by atoms with Crippen LogP contribution in [-0.4, -0.2) is 63.8 Å². The highest BCUT2D eigenvalue weighted by Gasteiger charge is 2.24. The molecule has 1 aliphatic carbocycles. The average molecular weight is 653 g/mol. The first-order valence-corrected chi connectivity index (χ1v) is 16.7. The van der Waals surface area contributed by atoms with Gasteiger partial charge >= 0.3 is 11.9 Å². The van der Waals surface area contributed by atoms with Crippen molar-refractivity contribution in [1.82, 2.24) is 0 Å². The molecule has 0 saturated heterocycles. The summed E-state index contributed by atoms with van der Waals surface area (Å²) in [6.45, 7) is 2.08. The standard InChI is InChI=1S/C40H44O8/c41-39(33-13-5-1-6-14-33)47-37(29-45-35-17-9-3-10-18-35)27-43-25-31-21-23-32(24-22-31)26-44-28-38(30-46-36-19-11-4-12-20-36)48-40(42)34-15-7-2-8-16-34/h1-20,31-32,37-38H,21-30H2. The third kappa shape index (κ3) is 11.9. The van der Waals surface area contributed by atoms with Gasteiger partial charge in [0.05, 0.1) is 24.3 Å². The predicted molar refractivity (Wildman–Crippen MR) is 182 cm³/mol. The molecule has 0 radical (unpaired) electrons. The van der Waals surface area contributed by atoms with E-state index in [2.05, 4.69) is 0 Å². The normalized spacial score (nSPS) is 17.1. The molecule has 252 valence electrons. The maximum Gasteiger partial charge on any atom is 0.338 e. The van der Waals surface area contributed by atoms with E-state index in [0.717, 1.165) is 25.7 Å². The van der Waals surface area contributed by atoms with E-state index >= 15 is 0 Å². The van der Waals surface area contributed by atoms with Crippen molar-refractivity contribution in [3.8, 4) is 11.5 Å². The largest absolute Gasteiger partial charge is 0.490 e. The average Bonchev–Trinajstić information content (AvgIpc) is 3.14. The highest BCUT2D eigenvalue weighted by atomic mass is 16.6. The molecule has 1 saturated carbocycles. The van der Waals surface area contributed by atoms with Crippen LogP contribution in [0.2, 0.25) is 0 Å². The minimum Gasteiger partial charge on any atom is -0.490 e. The van der Waals surface area contributed by atoms with E-state index < -0.39 is 24.1 Å². The Balaban J connectivity index is 1.03. The summed E-state index contributed by atoms with van der Waals surface area (Å²) in [6.07, 6.45) is 2.99. The van der Waals surface area contributed by atoms with Crippen LogP contribution < -0.4 is 9.47 Å². The van der Waals surface area contributed by atoms with Gasteiger partial charge in [-0.3, -0.25) is 0 Å². The van der Waals surface area contributed by atoms with Gasteiger partial charge in [0.1, 0.15) is 24.7 Å². The molecule has 1 aliphatic rings. The molecule has 8 nitrogen and oxygen atoms in total. The zero-order valence-corrected chi connectivity index (χ0v) is 27.2. The van der Waals surface area contributed by atoms with Gasteiger partial charge in [-0.05, 0) is 86.1 Å². The monoisotopic (exact) mass is 652 g/mol. The second-order valence-electron chi connectivity index (χ2n) is 12.0. The third-order valence-corrected chi connectivity index (χ3v) is 8.21. The summed E-state index contributed by atoms with van der Waals surface area (Å²) in [5.74, 6) is 1.46. The van der Waals surface area contributed by atoms with E-state index in [-0.39, 0.29) is 26.4 Å². The second-order valence-corrected chi connectivity index (χ2v) is 12.0. The molecule has 2 unspecified atom stereocenters. The van der Waals surface area contributed by atoms with Gasteiger partial charge in [-0.1, -0.05) is 72.8 Å². The summed E-state index contributed by atoms with van der Waals surface area (Å²) in [5, 5.41) is 0. The Morgan fingerprint density at radius 2 is 0.812 bits per heavy atom. The van der Waals surface area contributed by atoms with Gasteiger partial charge in [0.25, 0.3) is 0 Å². The van der Waals surface area contributed by atoms with Crippen molar-refractivity contribution in [2.45, 2.75) is 37.9 Å². The number of benzene rings is 4. The lowest BCUT2D eigenvalue weighted by atomic mass is 9.83. The molecule has 0 bridgehead atoms. The van der Waals surface area contributed by atoms with Crippen LogP contribution in [0.1, 0.15) is 46.4 Å². The lowest BCUT2D eigenvalue weighted by Gasteiger charge is -2.29. The van der Waals surface area contributed by atoms with Crippen LogP contribution in [0.5, 0.6) is 11.5 Å². The predicted octanol–water partition coefficient (Wildman–Crippen LogP) is 7.44. The first-order chi connectivity index (χ1) is 23.6. The summed E-state index contributed by atoms with van der Waals surface area (Å²) >= 11 is 0. The van der Waals surface area contributed by atoms with E-state index in [1.54, 1.807) is 24.3 Å². The Labute approximate surface area is 282 Å². The summed E-state index contributed by atoms with van der Waals surface area (Å²) in [6, 6.07) is 36.8. The van der Waals surface area contributed by atoms with Crippen LogP contribution in [-0.2, 0) is 18.9 Å². The Morgan fingerprint density at radius 3 is 1.17 bits per heavy atom. The molecular formula is C40H44O8. The van der Waals surface area contributed by atoms with Gasteiger partial charge in [-0.25, -0.2) is 9.59 Å². The molecular weight excluding hydrogens is 608 g/mol. The number of esters is 2. The lowest BCUT2D eigenvalue weighted by Crippen LogP contribution is -2.32. The van der Waals surface area contributed by atoms with E-state index in [0.29, 0.717) is 47.7 Å². The quantitative estimate of drug-likeness (QED) is 0.103. The van der Waals surface area contributed by atoms with Crippen molar-refractivity contribution in [2.75, 3.05) is 39.6 Å². The molecule has 4 aromatic carbocycles. The van der Waals surface area contributed by atoms with Crippen molar-refractivity contribution in [2.24, 2.45) is 11.8 Å². The van der Waals surface area contributed by atoms with Gasteiger partial charge in [-0.2, -0.15) is 0 Å². The van der Waals surface area contributed by atoms with Crippen molar-refractivity contribution < 1.29 is 38.0 Å². The van der Waals surface area contributed by atoms with E-state index in [4.69, 9.17) is 28.4 Å². The van der Waals surface area contributed by atoms with Crippen LogP contribution in [0.4, 0.5) is 0 Å².